The highest BCUT2D eigenvalue weighted by molar-refractivity contribution is 7.90. The van der Waals surface area contributed by atoms with Crippen LogP contribution in [0.25, 0.3) is 0 Å². The summed E-state index contributed by atoms with van der Waals surface area (Å²) in [6.07, 6.45) is 1.15. The second-order valence-corrected chi connectivity index (χ2v) is 8.88. The topological polar surface area (TPSA) is 67.4 Å². The van der Waals surface area contributed by atoms with Crippen LogP contribution in [-0.2, 0) is 14.8 Å². The van der Waals surface area contributed by atoms with E-state index in [9.17, 15) is 8.42 Å². The first-order valence-corrected chi connectivity index (χ1v) is 9.74. The Hall–Kier alpha value is -0.950. The maximum absolute atomic E-state index is 12.4. The highest BCUT2D eigenvalue weighted by Gasteiger charge is 2.30. The number of rotatable bonds is 7. The summed E-state index contributed by atoms with van der Waals surface area (Å²) in [5.41, 5.74) is 0.848. The van der Waals surface area contributed by atoms with Crippen molar-refractivity contribution in [3.8, 4) is 0 Å². The van der Waals surface area contributed by atoms with Crippen molar-refractivity contribution in [3.05, 3.63) is 35.9 Å². The van der Waals surface area contributed by atoms with Gasteiger partial charge in [-0.05, 0) is 39.2 Å². The van der Waals surface area contributed by atoms with Crippen LogP contribution in [-0.4, -0.2) is 39.0 Å². The Balaban J connectivity index is 1.90. The molecule has 1 heterocycles. The van der Waals surface area contributed by atoms with E-state index in [0.717, 1.165) is 0 Å². The van der Waals surface area contributed by atoms with E-state index in [2.05, 4.69) is 29.1 Å². The fraction of sp³-hybridized carbons (Fsp3) is 0.647. The van der Waals surface area contributed by atoms with Crippen molar-refractivity contribution in [1.82, 2.24) is 10.0 Å². The van der Waals surface area contributed by atoms with Gasteiger partial charge >= 0.3 is 0 Å². The minimum atomic E-state index is -3.29. The maximum Gasteiger partial charge on any atom is 0.214 e. The molecule has 0 aliphatic carbocycles. The Labute approximate surface area is 139 Å². The first-order valence-electron chi connectivity index (χ1n) is 8.19. The molecule has 0 amide bonds. The van der Waals surface area contributed by atoms with E-state index in [-0.39, 0.29) is 16.8 Å². The van der Waals surface area contributed by atoms with E-state index in [0.29, 0.717) is 32.6 Å². The van der Waals surface area contributed by atoms with Crippen molar-refractivity contribution in [2.75, 3.05) is 19.8 Å². The zero-order chi connectivity index (χ0) is 16.9. The Bertz CT molecular complexity index is 581. The van der Waals surface area contributed by atoms with Crippen LogP contribution in [0.15, 0.2) is 30.3 Å². The normalized spacial score (nSPS) is 18.7. The molecule has 0 radical (unpaired) electrons. The fourth-order valence-electron chi connectivity index (χ4n) is 2.85. The van der Waals surface area contributed by atoms with Crippen molar-refractivity contribution < 1.29 is 13.2 Å². The van der Waals surface area contributed by atoms with Crippen LogP contribution in [0.2, 0.25) is 0 Å². The minimum absolute atomic E-state index is 0.152. The van der Waals surface area contributed by atoms with Gasteiger partial charge in [0.05, 0.1) is 5.25 Å². The number of hydrogen-bond acceptors (Lipinski definition) is 4. The van der Waals surface area contributed by atoms with E-state index < -0.39 is 10.0 Å². The summed E-state index contributed by atoms with van der Waals surface area (Å²) in [5, 5.41) is 3.16. The average molecular weight is 340 g/mol. The number of benzene rings is 1. The third kappa shape index (κ3) is 5.57. The quantitative estimate of drug-likeness (QED) is 0.799. The fourth-order valence-corrected chi connectivity index (χ4v) is 4.46. The van der Waals surface area contributed by atoms with Crippen LogP contribution < -0.4 is 10.0 Å². The molecular formula is C17H28N2O3S. The first-order chi connectivity index (χ1) is 10.8. The molecule has 0 spiro atoms. The molecule has 130 valence electrons. The van der Waals surface area contributed by atoms with Crippen LogP contribution in [0, 0.1) is 0 Å². The lowest BCUT2D eigenvalue weighted by Crippen LogP contribution is -2.51. The monoisotopic (exact) mass is 340 g/mol. The van der Waals surface area contributed by atoms with Gasteiger partial charge in [-0.2, -0.15) is 0 Å². The van der Waals surface area contributed by atoms with Crippen LogP contribution in [0.1, 0.15) is 45.2 Å². The second kappa shape index (κ2) is 7.75. The zero-order valence-electron chi connectivity index (χ0n) is 14.2. The van der Waals surface area contributed by atoms with Gasteiger partial charge in [0, 0.05) is 31.3 Å². The number of nitrogens with one attached hydrogen (secondary N) is 2. The molecule has 23 heavy (non-hydrogen) atoms. The lowest BCUT2D eigenvalue weighted by Gasteiger charge is -2.32. The van der Waals surface area contributed by atoms with E-state index in [1.54, 1.807) is 0 Å². The lowest BCUT2D eigenvalue weighted by molar-refractivity contribution is 0.0981. The smallest absolute Gasteiger partial charge is 0.214 e. The van der Waals surface area contributed by atoms with E-state index in [4.69, 9.17) is 4.74 Å². The molecule has 1 atom stereocenters. The molecule has 1 aliphatic rings. The van der Waals surface area contributed by atoms with Gasteiger partial charge in [0.1, 0.15) is 0 Å². The van der Waals surface area contributed by atoms with Crippen molar-refractivity contribution in [2.24, 2.45) is 0 Å². The number of hydrogen-bond donors (Lipinski definition) is 2. The molecule has 2 rings (SSSR count). The Morgan fingerprint density at radius 1 is 1.22 bits per heavy atom. The van der Waals surface area contributed by atoms with Crippen molar-refractivity contribution >= 4 is 10.0 Å². The molecule has 1 aromatic carbocycles. The second-order valence-electron chi connectivity index (χ2n) is 6.84. The summed E-state index contributed by atoms with van der Waals surface area (Å²) in [7, 11) is -3.29. The molecule has 5 nitrogen and oxygen atoms in total. The van der Waals surface area contributed by atoms with Crippen LogP contribution in [0.5, 0.6) is 0 Å². The van der Waals surface area contributed by atoms with Gasteiger partial charge < -0.3 is 10.1 Å². The molecule has 1 unspecified atom stereocenters. The summed E-state index contributed by atoms with van der Waals surface area (Å²) in [4.78, 5) is 0. The first kappa shape index (κ1) is 18.4. The largest absolute Gasteiger partial charge is 0.381 e. The van der Waals surface area contributed by atoms with Crippen molar-refractivity contribution in [3.63, 3.8) is 0 Å². The molecule has 0 aromatic heterocycles. The van der Waals surface area contributed by atoms with Gasteiger partial charge in [-0.25, -0.2) is 13.1 Å². The third-order valence-corrected chi connectivity index (χ3v) is 6.13. The standard InChI is InChI=1S/C17H28N2O3S/c1-14(15-7-5-4-6-8-15)19-17(2,3)13-18-23(20,21)16-9-11-22-12-10-16/h4-8,14,16,18-19H,9-13H2,1-3H3. The Morgan fingerprint density at radius 3 is 2.43 bits per heavy atom. The third-order valence-electron chi connectivity index (χ3n) is 4.23. The van der Waals surface area contributed by atoms with E-state index >= 15 is 0 Å². The highest BCUT2D eigenvalue weighted by atomic mass is 32.2. The van der Waals surface area contributed by atoms with Crippen molar-refractivity contribution in [1.29, 1.82) is 0 Å². The summed E-state index contributed by atoms with van der Waals surface area (Å²) < 4.78 is 32.8. The predicted octanol–water partition coefficient (Wildman–Crippen LogP) is 2.21. The molecule has 1 aliphatic heterocycles. The summed E-state index contributed by atoms with van der Waals surface area (Å²) in [6, 6.07) is 10.3. The molecule has 1 saturated heterocycles. The van der Waals surface area contributed by atoms with Gasteiger partial charge in [-0.1, -0.05) is 30.3 Å². The number of sulfonamides is 1. The maximum atomic E-state index is 12.4. The van der Waals surface area contributed by atoms with Crippen LogP contribution in [0.4, 0.5) is 0 Å². The Morgan fingerprint density at radius 2 is 1.83 bits per heavy atom. The van der Waals surface area contributed by atoms with Crippen LogP contribution >= 0.6 is 0 Å². The molecule has 2 N–H and O–H groups in total. The lowest BCUT2D eigenvalue weighted by atomic mass is 10.0. The molecule has 1 fully saturated rings. The van der Waals surface area contributed by atoms with Gasteiger partial charge in [-0.15, -0.1) is 0 Å². The van der Waals surface area contributed by atoms with E-state index in [1.165, 1.54) is 5.56 Å². The predicted molar refractivity (Wildman–Crippen MR) is 92.8 cm³/mol. The molecule has 0 bridgehead atoms. The van der Waals surface area contributed by atoms with Crippen LogP contribution in [0.3, 0.4) is 0 Å². The van der Waals surface area contributed by atoms with E-state index in [1.807, 2.05) is 32.0 Å². The molecule has 1 aromatic rings. The SMILES string of the molecule is CC(NC(C)(C)CNS(=O)(=O)C1CCOCC1)c1ccccc1. The number of ether oxygens (including phenoxy) is 1. The highest BCUT2D eigenvalue weighted by Crippen LogP contribution is 2.18. The van der Waals surface area contributed by atoms with Crippen molar-refractivity contribution in [2.45, 2.75) is 50.4 Å². The minimum Gasteiger partial charge on any atom is -0.381 e. The Kier molecular flexibility index (Phi) is 6.19. The molecular weight excluding hydrogens is 312 g/mol. The summed E-state index contributed by atoms with van der Waals surface area (Å²) in [6.45, 7) is 7.53. The molecule has 0 saturated carbocycles. The molecule has 6 heteroatoms. The zero-order valence-corrected chi connectivity index (χ0v) is 15.0. The van der Waals surface area contributed by atoms with Gasteiger partial charge in [-0.3, -0.25) is 0 Å². The van der Waals surface area contributed by atoms with Gasteiger partial charge in [0.15, 0.2) is 0 Å². The average Bonchev–Trinajstić information content (AvgIpc) is 2.54. The van der Waals surface area contributed by atoms with Gasteiger partial charge in [0.2, 0.25) is 10.0 Å². The summed E-state index contributed by atoms with van der Waals surface area (Å²) in [5.74, 6) is 0. The van der Waals surface area contributed by atoms with Gasteiger partial charge in [0.25, 0.3) is 0 Å². The summed E-state index contributed by atoms with van der Waals surface area (Å²) >= 11 is 0.